The summed E-state index contributed by atoms with van der Waals surface area (Å²) in [6.45, 7) is 0. The van der Waals surface area contributed by atoms with E-state index in [1.807, 2.05) is 12.1 Å². The van der Waals surface area contributed by atoms with Crippen molar-refractivity contribution in [3.63, 3.8) is 0 Å². The van der Waals surface area contributed by atoms with Crippen LogP contribution in [0.5, 0.6) is 0 Å². The number of aromatic nitrogens is 1. The normalized spacial score (nSPS) is 10.5. The maximum atomic E-state index is 5.13. The van der Waals surface area contributed by atoms with Crippen molar-refractivity contribution in [2.45, 2.75) is 0 Å². The van der Waals surface area contributed by atoms with Crippen molar-refractivity contribution in [3.05, 3.63) is 29.2 Å². The Bertz CT molecular complexity index is 355. The van der Waals surface area contributed by atoms with Gasteiger partial charge in [-0.25, -0.2) is 4.98 Å². The van der Waals surface area contributed by atoms with Gasteiger partial charge in [0.05, 0.1) is 11.6 Å². The van der Waals surface area contributed by atoms with E-state index in [1.54, 1.807) is 12.5 Å². The third kappa shape index (κ3) is 0.743. The van der Waals surface area contributed by atoms with E-state index in [4.69, 9.17) is 4.42 Å². The van der Waals surface area contributed by atoms with E-state index in [-0.39, 0.29) is 0 Å². The summed E-state index contributed by atoms with van der Waals surface area (Å²) in [7, 11) is 0. The summed E-state index contributed by atoms with van der Waals surface area (Å²) < 4.78 is 5.96. The van der Waals surface area contributed by atoms with Crippen LogP contribution in [0.1, 0.15) is 0 Å². The van der Waals surface area contributed by atoms with Crippen molar-refractivity contribution >= 4 is 26.9 Å². The quantitative estimate of drug-likeness (QED) is 0.608. The molecule has 10 heavy (non-hydrogen) atoms. The SMILES string of the molecule is Brc1nccc2occc12. The first-order valence-electron chi connectivity index (χ1n) is 2.85. The van der Waals surface area contributed by atoms with E-state index < -0.39 is 0 Å². The molecule has 2 aromatic rings. The maximum Gasteiger partial charge on any atom is 0.138 e. The number of halogens is 1. The lowest BCUT2D eigenvalue weighted by atomic mass is 10.3. The van der Waals surface area contributed by atoms with Crippen LogP contribution in [0.2, 0.25) is 0 Å². The fourth-order valence-electron chi connectivity index (χ4n) is 0.860. The Balaban J connectivity index is 2.95. The van der Waals surface area contributed by atoms with E-state index in [9.17, 15) is 0 Å². The van der Waals surface area contributed by atoms with Gasteiger partial charge in [-0.2, -0.15) is 0 Å². The van der Waals surface area contributed by atoms with Crippen molar-refractivity contribution in [2.24, 2.45) is 0 Å². The number of pyridine rings is 1. The summed E-state index contributed by atoms with van der Waals surface area (Å²) in [6, 6.07) is 3.71. The standard InChI is InChI=1S/C7H4BrNO/c8-7-5-2-4-10-6(5)1-3-9-7/h1-4H. The van der Waals surface area contributed by atoms with Crippen molar-refractivity contribution in [1.82, 2.24) is 4.98 Å². The Morgan fingerprint density at radius 2 is 2.30 bits per heavy atom. The molecule has 0 bridgehead atoms. The lowest BCUT2D eigenvalue weighted by Gasteiger charge is -1.87. The van der Waals surface area contributed by atoms with E-state index in [1.165, 1.54) is 0 Å². The lowest BCUT2D eigenvalue weighted by molar-refractivity contribution is 0.615. The van der Waals surface area contributed by atoms with Gasteiger partial charge in [-0.1, -0.05) is 0 Å². The zero-order valence-corrected chi connectivity index (χ0v) is 6.63. The second kappa shape index (κ2) is 2.09. The largest absolute Gasteiger partial charge is 0.464 e. The summed E-state index contributed by atoms with van der Waals surface area (Å²) in [5.74, 6) is 0. The van der Waals surface area contributed by atoms with Gasteiger partial charge in [0.1, 0.15) is 10.2 Å². The molecule has 0 amide bonds. The molecule has 0 saturated carbocycles. The number of hydrogen-bond donors (Lipinski definition) is 0. The third-order valence-corrected chi connectivity index (χ3v) is 1.96. The summed E-state index contributed by atoms with van der Waals surface area (Å²) in [6.07, 6.45) is 3.35. The number of fused-ring (bicyclic) bond motifs is 1. The molecule has 50 valence electrons. The summed E-state index contributed by atoms with van der Waals surface area (Å²) in [5.41, 5.74) is 0.863. The fraction of sp³-hybridized carbons (Fsp3) is 0. The van der Waals surface area contributed by atoms with Gasteiger partial charge in [0.15, 0.2) is 0 Å². The van der Waals surface area contributed by atoms with Crippen LogP contribution in [0.4, 0.5) is 0 Å². The Hall–Kier alpha value is -0.830. The van der Waals surface area contributed by atoms with Crippen LogP contribution >= 0.6 is 15.9 Å². The predicted molar refractivity (Wildman–Crippen MR) is 41.7 cm³/mol. The Morgan fingerprint density at radius 3 is 3.10 bits per heavy atom. The fourth-order valence-corrected chi connectivity index (χ4v) is 1.31. The van der Waals surface area contributed by atoms with Gasteiger partial charge in [-0.3, -0.25) is 0 Å². The second-order valence-corrected chi connectivity index (χ2v) is 2.69. The van der Waals surface area contributed by atoms with Crippen molar-refractivity contribution in [3.8, 4) is 0 Å². The number of hydrogen-bond acceptors (Lipinski definition) is 2. The van der Waals surface area contributed by atoms with E-state index in [2.05, 4.69) is 20.9 Å². The predicted octanol–water partition coefficient (Wildman–Crippen LogP) is 2.59. The zero-order chi connectivity index (χ0) is 6.97. The molecule has 0 unspecified atom stereocenters. The molecule has 0 atom stereocenters. The molecule has 2 rings (SSSR count). The van der Waals surface area contributed by atoms with Gasteiger partial charge in [-0.15, -0.1) is 0 Å². The molecule has 0 spiro atoms. The topological polar surface area (TPSA) is 26.0 Å². The molecule has 3 heteroatoms. The minimum Gasteiger partial charge on any atom is -0.464 e. The minimum absolute atomic E-state index is 0.832. The van der Waals surface area contributed by atoms with E-state index >= 15 is 0 Å². The first-order chi connectivity index (χ1) is 4.88. The summed E-state index contributed by atoms with van der Waals surface area (Å²) >= 11 is 3.30. The van der Waals surface area contributed by atoms with Crippen molar-refractivity contribution in [1.29, 1.82) is 0 Å². The van der Waals surface area contributed by atoms with Crippen molar-refractivity contribution < 1.29 is 4.42 Å². The van der Waals surface area contributed by atoms with Crippen molar-refractivity contribution in [2.75, 3.05) is 0 Å². The van der Waals surface area contributed by atoms with Gasteiger partial charge in [-0.05, 0) is 28.1 Å². The monoisotopic (exact) mass is 197 g/mol. The highest BCUT2D eigenvalue weighted by molar-refractivity contribution is 9.10. The molecule has 0 fully saturated rings. The Labute approximate surface area is 66.0 Å². The molecule has 2 aromatic heterocycles. The summed E-state index contributed by atoms with van der Waals surface area (Å²) in [4.78, 5) is 4.04. The lowest BCUT2D eigenvalue weighted by Crippen LogP contribution is -1.71. The van der Waals surface area contributed by atoms with Crippen LogP contribution in [0.15, 0.2) is 33.6 Å². The van der Waals surface area contributed by atoms with Gasteiger partial charge in [0.25, 0.3) is 0 Å². The molecule has 0 N–H and O–H groups in total. The van der Waals surface area contributed by atoms with Crippen LogP contribution in [-0.4, -0.2) is 4.98 Å². The molecule has 2 heterocycles. The number of rotatable bonds is 0. The molecule has 0 saturated heterocycles. The number of furan rings is 1. The van der Waals surface area contributed by atoms with Crippen LogP contribution in [0, 0.1) is 0 Å². The van der Waals surface area contributed by atoms with Gasteiger partial charge in [0, 0.05) is 6.20 Å². The first-order valence-corrected chi connectivity index (χ1v) is 3.65. The first kappa shape index (κ1) is 5.92. The smallest absolute Gasteiger partial charge is 0.138 e. The molecule has 0 aliphatic rings. The zero-order valence-electron chi connectivity index (χ0n) is 5.04. The summed E-state index contributed by atoms with van der Waals surface area (Å²) in [5, 5.41) is 1.02. The highest BCUT2D eigenvalue weighted by Gasteiger charge is 1.99. The Morgan fingerprint density at radius 1 is 1.40 bits per heavy atom. The number of nitrogens with zero attached hydrogens (tertiary/aromatic N) is 1. The third-order valence-electron chi connectivity index (χ3n) is 1.33. The average molecular weight is 198 g/mol. The molecule has 0 aliphatic carbocycles. The highest BCUT2D eigenvalue weighted by Crippen LogP contribution is 2.21. The van der Waals surface area contributed by atoms with Crippen LogP contribution < -0.4 is 0 Å². The molecular formula is C7H4BrNO. The van der Waals surface area contributed by atoms with Crippen LogP contribution in [-0.2, 0) is 0 Å². The molecular weight excluding hydrogens is 194 g/mol. The minimum atomic E-state index is 0.832. The van der Waals surface area contributed by atoms with Gasteiger partial charge < -0.3 is 4.42 Å². The second-order valence-electron chi connectivity index (χ2n) is 1.93. The molecule has 0 aliphatic heterocycles. The maximum absolute atomic E-state index is 5.13. The molecule has 0 aromatic carbocycles. The average Bonchev–Trinajstić information content (AvgIpc) is 2.36. The Kier molecular flexibility index (Phi) is 1.24. The molecule has 2 nitrogen and oxygen atoms in total. The molecule has 0 radical (unpaired) electrons. The van der Waals surface area contributed by atoms with Gasteiger partial charge >= 0.3 is 0 Å². The van der Waals surface area contributed by atoms with Gasteiger partial charge in [0.2, 0.25) is 0 Å². The van der Waals surface area contributed by atoms with Crippen LogP contribution in [0.3, 0.4) is 0 Å². The van der Waals surface area contributed by atoms with Crippen LogP contribution in [0.25, 0.3) is 11.0 Å². The van der Waals surface area contributed by atoms with E-state index in [0.717, 1.165) is 15.6 Å². The highest BCUT2D eigenvalue weighted by atomic mass is 79.9. The van der Waals surface area contributed by atoms with E-state index in [0.29, 0.717) is 0 Å².